The van der Waals surface area contributed by atoms with Crippen LogP contribution in [0.25, 0.3) is 0 Å². The molecule has 2 rings (SSSR count). The van der Waals surface area contributed by atoms with Crippen LogP contribution in [0.4, 0.5) is 0 Å². The van der Waals surface area contributed by atoms with Gasteiger partial charge in [-0.1, -0.05) is 6.42 Å². The highest BCUT2D eigenvalue weighted by molar-refractivity contribution is 5.89. The monoisotopic (exact) mass is 196 g/mol. The van der Waals surface area contributed by atoms with Crippen molar-refractivity contribution in [3.63, 3.8) is 0 Å². The van der Waals surface area contributed by atoms with E-state index in [1.807, 2.05) is 11.8 Å². The molecule has 0 aromatic carbocycles. The summed E-state index contributed by atoms with van der Waals surface area (Å²) in [5.41, 5.74) is 5.44. The Hall–Kier alpha value is -0.570. The average Bonchev–Trinajstić information content (AvgIpc) is 2.83. The van der Waals surface area contributed by atoms with Crippen LogP contribution >= 0.6 is 0 Å². The Labute approximate surface area is 85.6 Å². The van der Waals surface area contributed by atoms with Gasteiger partial charge in [-0.3, -0.25) is 4.79 Å². The van der Waals surface area contributed by atoms with Crippen molar-refractivity contribution in [2.45, 2.75) is 44.6 Å². The van der Waals surface area contributed by atoms with Crippen molar-refractivity contribution in [3.8, 4) is 0 Å². The van der Waals surface area contributed by atoms with E-state index in [-0.39, 0.29) is 5.91 Å². The Kier molecular flexibility index (Phi) is 2.52. The third-order valence-corrected chi connectivity index (χ3v) is 3.59. The zero-order valence-corrected chi connectivity index (χ0v) is 8.96. The summed E-state index contributed by atoms with van der Waals surface area (Å²) in [6.07, 6.45) is 5.69. The molecule has 0 aromatic rings. The Morgan fingerprint density at radius 1 is 1.50 bits per heavy atom. The number of rotatable bonds is 4. The molecule has 1 amide bonds. The summed E-state index contributed by atoms with van der Waals surface area (Å²) < 4.78 is 0. The van der Waals surface area contributed by atoms with Gasteiger partial charge in [0.2, 0.25) is 5.91 Å². The molecule has 0 heterocycles. The number of carbonyl (C=O) groups excluding carboxylic acids is 1. The van der Waals surface area contributed by atoms with Crippen molar-refractivity contribution in [1.82, 2.24) is 4.90 Å². The third-order valence-electron chi connectivity index (χ3n) is 3.59. The van der Waals surface area contributed by atoms with Gasteiger partial charge >= 0.3 is 0 Å². The first-order valence-corrected chi connectivity index (χ1v) is 5.74. The third kappa shape index (κ3) is 1.78. The van der Waals surface area contributed by atoms with Crippen LogP contribution in [0.15, 0.2) is 0 Å². The van der Waals surface area contributed by atoms with E-state index in [0.29, 0.717) is 0 Å². The normalized spacial score (nSPS) is 24.1. The number of carbonyl (C=O) groups is 1. The minimum atomic E-state index is -0.472. The maximum atomic E-state index is 11.9. The zero-order chi connectivity index (χ0) is 10.2. The number of likely N-dealkylation sites (N-methyl/N-ethyl adjacent to an activating group) is 1. The number of nitrogens with two attached hydrogens (primary N) is 1. The highest BCUT2D eigenvalue weighted by Gasteiger charge is 2.48. The Balaban J connectivity index is 1.87. The molecule has 0 spiro atoms. The smallest absolute Gasteiger partial charge is 0.242 e. The SMILES string of the molecule is CCN(CC1CCC1)C(=O)C1(N)CC1. The van der Waals surface area contributed by atoms with Gasteiger partial charge in [-0.2, -0.15) is 0 Å². The van der Waals surface area contributed by atoms with Crippen LogP contribution in [0.1, 0.15) is 39.0 Å². The molecule has 3 heteroatoms. The summed E-state index contributed by atoms with van der Waals surface area (Å²) in [6.45, 7) is 3.80. The van der Waals surface area contributed by atoms with Gasteiger partial charge in [0.1, 0.15) is 0 Å². The largest absolute Gasteiger partial charge is 0.341 e. The molecule has 0 bridgehead atoms. The topological polar surface area (TPSA) is 46.3 Å². The molecule has 80 valence electrons. The van der Waals surface area contributed by atoms with Gasteiger partial charge in [0.25, 0.3) is 0 Å². The molecule has 0 atom stereocenters. The highest BCUT2D eigenvalue weighted by Crippen LogP contribution is 2.35. The van der Waals surface area contributed by atoms with E-state index in [1.54, 1.807) is 0 Å². The van der Waals surface area contributed by atoms with Gasteiger partial charge in [-0.05, 0) is 38.5 Å². The van der Waals surface area contributed by atoms with Gasteiger partial charge in [0.05, 0.1) is 5.54 Å². The first-order chi connectivity index (χ1) is 6.65. The predicted molar refractivity (Wildman–Crippen MR) is 55.7 cm³/mol. The molecule has 2 N–H and O–H groups in total. The maximum Gasteiger partial charge on any atom is 0.242 e. The van der Waals surface area contributed by atoms with E-state index in [1.165, 1.54) is 19.3 Å². The van der Waals surface area contributed by atoms with Crippen molar-refractivity contribution >= 4 is 5.91 Å². The van der Waals surface area contributed by atoms with Crippen molar-refractivity contribution in [1.29, 1.82) is 0 Å². The van der Waals surface area contributed by atoms with E-state index in [4.69, 9.17) is 5.73 Å². The molecule has 0 saturated heterocycles. The van der Waals surface area contributed by atoms with E-state index >= 15 is 0 Å². The fourth-order valence-electron chi connectivity index (χ4n) is 2.01. The Morgan fingerprint density at radius 2 is 2.14 bits per heavy atom. The van der Waals surface area contributed by atoms with Crippen molar-refractivity contribution in [2.24, 2.45) is 11.7 Å². The summed E-state index contributed by atoms with van der Waals surface area (Å²) in [5, 5.41) is 0. The molecule has 3 nitrogen and oxygen atoms in total. The fraction of sp³-hybridized carbons (Fsp3) is 0.909. The molecule has 0 aliphatic heterocycles. The lowest BCUT2D eigenvalue weighted by Crippen LogP contribution is -2.47. The molecular weight excluding hydrogens is 176 g/mol. The van der Waals surface area contributed by atoms with E-state index in [0.717, 1.165) is 31.8 Å². The molecule has 2 fully saturated rings. The fourth-order valence-corrected chi connectivity index (χ4v) is 2.01. The van der Waals surface area contributed by atoms with Crippen LogP contribution in [-0.2, 0) is 4.79 Å². The number of amides is 1. The van der Waals surface area contributed by atoms with E-state index in [9.17, 15) is 4.79 Å². The summed E-state index contributed by atoms with van der Waals surface area (Å²) in [5.74, 6) is 0.938. The Bertz CT molecular complexity index is 231. The molecule has 0 aromatic heterocycles. The minimum absolute atomic E-state index is 0.187. The van der Waals surface area contributed by atoms with Crippen LogP contribution < -0.4 is 5.73 Å². The maximum absolute atomic E-state index is 11.9. The minimum Gasteiger partial charge on any atom is -0.341 e. The average molecular weight is 196 g/mol. The second kappa shape index (κ2) is 3.54. The van der Waals surface area contributed by atoms with Crippen LogP contribution in [0, 0.1) is 5.92 Å². The van der Waals surface area contributed by atoms with Gasteiger partial charge in [-0.25, -0.2) is 0 Å². The number of nitrogens with zero attached hydrogens (tertiary/aromatic N) is 1. The van der Waals surface area contributed by atoms with Crippen LogP contribution in [0.5, 0.6) is 0 Å². The number of hydrogen-bond acceptors (Lipinski definition) is 2. The molecule has 2 aliphatic rings. The second-order valence-corrected chi connectivity index (χ2v) is 4.80. The molecule has 14 heavy (non-hydrogen) atoms. The predicted octanol–water partition coefficient (Wildman–Crippen LogP) is 1.13. The molecule has 2 saturated carbocycles. The standard InChI is InChI=1S/C11H20N2O/c1-2-13(8-9-4-3-5-9)10(14)11(12)6-7-11/h9H,2-8,12H2,1H3. The van der Waals surface area contributed by atoms with E-state index in [2.05, 4.69) is 0 Å². The first kappa shape index (κ1) is 9.97. The summed E-state index contributed by atoms with van der Waals surface area (Å²) in [6, 6.07) is 0. The van der Waals surface area contributed by atoms with Crippen LogP contribution in [0.3, 0.4) is 0 Å². The summed E-state index contributed by atoms with van der Waals surface area (Å²) in [7, 11) is 0. The van der Waals surface area contributed by atoms with Crippen LogP contribution in [0.2, 0.25) is 0 Å². The highest BCUT2D eigenvalue weighted by atomic mass is 16.2. The van der Waals surface area contributed by atoms with Gasteiger partial charge in [0, 0.05) is 13.1 Å². The molecule has 0 radical (unpaired) electrons. The molecule has 2 aliphatic carbocycles. The van der Waals surface area contributed by atoms with Crippen molar-refractivity contribution in [2.75, 3.05) is 13.1 Å². The summed E-state index contributed by atoms with van der Waals surface area (Å²) in [4.78, 5) is 13.9. The zero-order valence-electron chi connectivity index (χ0n) is 8.96. The number of hydrogen-bond donors (Lipinski definition) is 1. The first-order valence-electron chi connectivity index (χ1n) is 5.74. The van der Waals surface area contributed by atoms with Crippen molar-refractivity contribution < 1.29 is 4.79 Å². The van der Waals surface area contributed by atoms with Gasteiger partial charge in [-0.15, -0.1) is 0 Å². The van der Waals surface area contributed by atoms with Gasteiger partial charge < -0.3 is 10.6 Å². The quantitative estimate of drug-likeness (QED) is 0.732. The lowest BCUT2D eigenvalue weighted by molar-refractivity contribution is -0.134. The van der Waals surface area contributed by atoms with Crippen molar-refractivity contribution in [3.05, 3.63) is 0 Å². The van der Waals surface area contributed by atoms with Gasteiger partial charge in [0.15, 0.2) is 0 Å². The van der Waals surface area contributed by atoms with Crippen LogP contribution in [-0.4, -0.2) is 29.4 Å². The second-order valence-electron chi connectivity index (χ2n) is 4.80. The Morgan fingerprint density at radius 3 is 2.50 bits per heavy atom. The molecular formula is C11H20N2O. The lowest BCUT2D eigenvalue weighted by atomic mass is 9.85. The van der Waals surface area contributed by atoms with E-state index < -0.39 is 5.54 Å². The molecule has 0 unspecified atom stereocenters. The summed E-state index contributed by atoms with van der Waals surface area (Å²) >= 11 is 0. The lowest BCUT2D eigenvalue weighted by Gasteiger charge is -2.33.